The van der Waals surface area contributed by atoms with Crippen molar-refractivity contribution in [1.82, 2.24) is 0 Å². The third kappa shape index (κ3) is 3.54. The van der Waals surface area contributed by atoms with Crippen molar-refractivity contribution in [1.29, 1.82) is 0 Å². The molecule has 0 unspecified atom stereocenters. The van der Waals surface area contributed by atoms with Gasteiger partial charge in [-0.3, -0.25) is 4.79 Å². The van der Waals surface area contributed by atoms with Gasteiger partial charge >= 0.3 is 0 Å². The van der Waals surface area contributed by atoms with Gasteiger partial charge in [0.2, 0.25) is 5.91 Å². The molecule has 2 aromatic carbocycles. The number of para-hydroxylation sites is 2. The van der Waals surface area contributed by atoms with Crippen molar-refractivity contribution in [2.24, 2.45) is 0 Å². The summed E-state index contributed by atoms with van der Waals surface area (Å²) in [6.07, 6.45) is 1.55. The second kappa shape index (κ2) is 7.03. The first-order valence-electron chi connectivity index (χ1n) is 7.81. The molecular weight excluding hydrogens is 338 g/mol. The number of allylic oxidation sites excluding steroid dienone is 1. The van der Waals surface area contributed by atoms with E-state index < -0.39 is 0 Å². The van der Waals surface area contributed by atoms with Crippen LogP contribution in [-0.4, -0.2) is 13.0 Å². The fourth-order valence-corrected chi connectivity index (χ4v) is 3.04. The summed E-state index contributed by atoms with van der Waals surface area (Å²) in [7, 11) is 1.57. The minimum Gasteiger partial charge on any atom is -0.495 e. The van der Waals surface area contributed by atoms with Gasteiger partial charge in [0.25, 0.3) is 0 Å². The number of halogens is 1. The number of hydrogen-bond donors (Lipinski definition) is 1. The highest BCUT2D eigenvalue weighted by molar-refractivity contribution is 6.31. The number of hydrogen-bond acceptors (Lipinski definition) is 3. The largest absolute Gasteiger partial charge is 0.495 e. The summed E-state index contributed by atoms with van der Waals surface area (Å²) in [6.45, 7) is 3.75. The Morgan fingerprint density at radius 3 is 2.76 bits per heavy atom. The van der Waals surface area contributed by atoms with Crippen molar-refractivity contribution in [3.63, 3.8) is 0 Å². The third-order valence-electron chi connectivity index (χ3n) is 3.93. The molecule has 128 valence electrons. The van der Waals surface area contributed by atoms with Gasteiger partial charge in [-0.15, -0.1) is 0 Å². The standard InChI is InChI=1S/C20H18ClNO3/c1-12(10-19(23)22-16-6-4-5-7-18(16)24-3)20-13(2)25-17-9-8-14(21)11-15(17)20/h4-11H,1-3H3,(H,22,23)/b12-10+. The Kier molecular flexibility index (Phi) is 4.81. The van der Waals surface area contributed by atoms with Crippen molar-refractivity contribution in [3.05, 3.63) is 64.9 Å². The number of rotatable bonds is 4. The fraction of sp³-hybridized carbons (Fsp3) is 0.150. The lowest BCUT2D eigenvalue weighted by atomic mass is 10.0. The Morgan fingerprint density at radius 2 is 2.00 bits per heavy atom. The third-order valence-corrected chi connectivity index (χ3v) is 4.17. The van der Waals surface area contributed by atoms with Crippen LogP contribution in [0, 0.1) is 6.92 Å². The SMILES string of the molecule is COc1ccccc1NC(=O)/C=C(\C)c1c(C)oc2ccc(Cl)cc12. The zero-order chi connectivity index (χ0) is 18.0. The molecule has 1 N–H and O–H groups in total. The molecule has 1 amide bonds. The number of carbonyl (C=O) groups is 1. The number of ether oxygens (including phenoxy) is 1. The lowest BCUT2D eigenvalue weighted by Crippen LogP contribution is -2.09. The van der Waals surface area contributed by atoms with Gasteiger partial charge in [0.1, 0.15) is 17.1 Å². The van der Waals surface area contributed by atoms with E-state index in [-0.39, 0.29) is 5.91 Å². The summed E-state index contributed by atoms with van der Waals surface area (Å²) in [6, 6.07) is 12.7. The van der Waals surface area contributed by atoms with Gasteiger partial charge in [-0.05, 0) is 49.8 Å². The number of amides is 1. The molecule has 0 radical (unpaired) electrons. The molecule has 3 rings (SSSR count). The van der Waals surface area contributed by atoms with Crippen molar-refractivity contribution in [2.75, 3.05) is 12.4 Å². The van der Waals surface area contributed by atoms with Gasteiger partial charge in [0, 0.05) is 22.0 Å². The van der Waals surface area contributed by atoms with Crippen LogP contribution in [-0.2, 0) is 4.79 Å². The number of carbonyl (C=O) groups excluding carboxylic acids is 1. The molecule has 25 heavy (non-hydrogen) atoms. The van der Waals surface area contributed by atoms with Gasteiger partial charge in [0.05, 0.1) is 12.8 Å². The molecule has 0 spiro atoms. The van der Waals surface area contributed by atoms with Gasteiger partial charge in [-0.25, -0.2) is 0 Å². The maximum atomic E-state index is 12.4. The Morgan fingerprint density at radius 1 is 1.24 bits per heavy atom. The van der Waals surface area contributed by atoms with Gasteiger partial charge in [0.15, 0.2) is 0 Å². The first-order chi connectivity index (χ1) is 12.0. The number of aryl methyl sites for hydroxylation is 1. The second-order valence-electron chi connectivity index (χ2n) is 5.69. The number of benzene rings is 2. The summed E-state index contributed by atoms with van der Waals surface area (Å²) in [5.41, 5.74) is 3.05. The van der Waals surface area contributed by atoms with Crippen LogP contribution in [0.25, 0.3) is 16.5 Å². The fourth-order valence-electron chi connectivity index (χ4n) is 2.87. The average molecular weight is 356 g/mol. The lowest BCUT2D eigenvalue weighted by Gasteiger charge is -2.08. The van der Waals surface area contributed by atoms with E-state index in [9.17, 15) is 4.79 Å². The summed E-state index contributed by atoms with van der Waals surface area (Å²) >= 11 is 6.10. The number of nitrogens with one attached hydrogen (secondary N) is 1. The summed E-state index contributed by atoms with van der Waals surface area (Å²) in [5.74, 6) is 1.12. The normalized spacial score (nSPS) is 11.6. The van der Waals surface area contributed by atoms with Gasteiger partial charge in [-0.2, -0.15) is 0 Å². The monoisotopic (exact) mass is 355 g/mol. The molecule has 5 heteroatoms. The van der Waals surface area contributed by atoms with Crippen LogP contribution in [0.3, 0.4) is 0 Å². The Hall–Kier alpha value is -2.72. The highest BCUT2D eigenvalue weighted by Crippen LogP contribution is 2.33. The quantitative estimate of drug-likeness (QED) is 0.633. The number of fused-ring (bicyclic) bond motifs is 1. The van der Waals surface area contributed by atoms with E-state index in [1.807, 2.05) is 38.1 Å². The van der Waals surface area contributed by atoms with E-state index in [2.05, 4.69) is 5.32 Å². The van der Waals surface area contributed by atoms with Crippen LogP contribution in [0.15, 0.2) is 53.0 Å². The number of methoxy groups -OCH3 is 1. The molecule has 0 saturated heterocycles. The zero-order valence-corrected chi connectivity index (χ0v) is 15.0. The van der Waals surface area contributed by atoms with E-state index in [0.29, 0.717) is 16.5 Å². The molecule has 0 aliphatic carbocycles. The van der Waals surface area contributed by atoms with E-state index in [0.717, 1.165) is 27.9 Å². The predicted octanol–water partition coefficient (Wildman–Crippen LogP) is 5.45. The minimum atomic E-state index is -0.238. The van der Waals surface area contributed by atoms with E-state index in [1.165, 1.54) is 0 Å². The van der Waals surface area contributed by atoms with E-state index in [1.54, 1.807) is 31.4 Å². The van der Waals surface area contributed by atoms with E-state index in [4.69, 9.17) is 20.8 Å². The second-order valence-corrected chi connectivity index (χ2v) is 6.13. The smallest absolute Gasteiger partial charge is 0.248 e. The van der Waals surface area contributed by atoms with Crippen LogP contribution in [0.1, 0.15) is 18.2 Å². The first kappa shape index (κ1) is 17.1. The molecule has 0 saturated carbocycles. The number of furan rings is 1. The average Bonchev–Trinajstić information content (AvgIpc) is 2.90. The van der Waals surface area contributed by atoms with Gasteiger partial charge < -0.3 is 14.5 Å². The van der Waals surface area contributed by atoms with Crippen molar-refractivity contribution in [3.8, 4) is 5.75 Å². The molecule has 4 nitrogen and oxygen atoms in total. The zero-order valence-electron chi connectivity index (χ0n) is 14.2. The van der Waals surface area contributed by atoms with Crippen LogP contribution in [0.4, 0.5) is 5.69 Å². The molecule has 0 aliphatic rings. The molecule has 0 aliphatic heterocycles. The highest BCUT2D eigenvalue weighted by atomic mass is 35.5. The lowest BCUT2D eigenvalue weighted by molar-refractivity contribution is -0.111. The van der Waals surface area contributed by atoms with Crippen LogP contribution >= 0.6 is 11.6 Å². The molecule has 3 aromatic rings. The number of anilines is 1. The molecule has 1 heterocycles. The summed E-state index contributed by atoms with van der Waals surface area (Å²) < 4.78 is 11.0. The maximum absolute atomic E-state index is 12.4. The van der Waals surface area contributed by atoms with Crippen LogP contribution < -0.4 is 10.1 Å². The van der Waals surface area contributed by atoms with E-state index >= 15 is 0 Å². The first-order valence-corrected chi connectivity index (χ1v) is 8.18. The molecule has 0 fully saturated rings. The Labute approximate surface area is 151 Å². The van der Waals surface area contributed by atoms with Crippen LogP contribution in [0.2, 0.25) is 5.02 Å². The van der Waals surface area contributed by atoms with Crippen molar-refractivity contribution in [2.45, 2.75) is 13.8 Å². The molecule has 1 aromatic heterocycles. The summed E-state index contributed by atoms with van der Waals surface area (Å²) in [4.78, 5) is 12.4. The Balaban J connectivity index is 1.92. The summed E-state index contributed by atoms with van der Waals surface area (Å²) in [5, 5.41) is 4.35. The highest BCUT2D eigenvalue weighted by Gasteiger charge is 2.14. The van der Waals surface area contributed by atoms with Crippen molar-refractivity contribution < 1.29 is 13.9 Å². The van der Waals surface area contributed by atoms with Crippen molar-refractivity contribution >= 4 is 39.7 Å². The molecule has 0 atom stereocenters. The van der Waals surface area contributed by atoms with Gasteiger partial charge in [-0.1, -0.05) is 23.7 Å². The van der Waals surface area contributed by atoms with Crippen LogP contribution in [0.5, 0.6) is 5.75 Å². The Bertz CT molecular complexity index is 972. The molecular formula is C20H18ClNO3. The minimum absolute atomic E-state index is 0.238. The molecule has 0 bridgehead atoms. The topological polar surface area (TPSA) is 51.5 Å². The predicted molar refractivity (Wildman–Crippen MR) is 101 cm³/mol. The maximum Gasteiger partial charge on any atom is 0.248 e.